The topological polar surface area (TPSA) is 129 Å². The third-order valence-corrected chi connectivity index (χ3v) is 6.41. The summed E-state index contributed by atoms with van der Waals surface area (Å²) in [7, 11) is 1.54. The monoisotopic (exact) mass is 529 g/mol. The number of pyridine rings is 1. The first-order chi connectivity index (χ1) is 18.9. The van der Waals surface area contributed by atoms with E-state index < -0.39 is 6.43 Å². The number of ether oxygens (including phenoxy) is 2. The molecule has 4 aromatic heterocycles. The lowest BCUT2D eigenvalue weighted by atomic mass is 10.1. The molecular formula is C26H21F2N9O2. The lowest BCUT2D eigenvalue weighted by Gasteiger charge is -2.16. The quantitative estimate of drug-likeness (QED) is 0.342. The number of benzene rings is 1. The number of anilines is 2. The Hall–Kier alpha value is -4.96. The maximum absolute atomic E-state index is 13.9. The van der Waals surface area contributed by atoms with E-state index in [9.17, 15) is 14.0 Å². The van der Waals surface area contributed by atoms with Crippen molar-refractivity contribution in [1.82, 2.24) is 34.5 Å². The van der Waals surface area contributed by atoms with E-state index in [0.717, 1.165) is 17.7 Å². The first kappa shape index (κ1) is 24.4. The van der Waals surface area contributed by atoms with Gasteiger partial charge in [-0.1, -0.05) is 0 Å². The molecule has 0 spiro atoms. The van der Waals surface area contributed by atoms with Crippen molar-refractivity contribution < 1.29 is 18.3 Å². The average molecular weight is 530 g/mol. The van der Waals surface area contributed by atoms with Crippen LogP contribution >= 0.6 is 0 Å². The van der Waals surface area contributed by atoms with Gasteiger partial charge in [0.2, 0.25) is 0 Å². The molecule has 0 aliphatic carbocycles. The number of nitrogens with one attached hydrogen (secondary N) is 1. The third kappa shape index (κ3) is 4.40. The minimum Gasteiger partial charge on any atom is -0.494 e. The number of rotatable bonds is 6. The summed E-state index contributed by atoms with van der Waals surface area (Å²) >= 11 is 0. The second-order valence-electron chi connectivity index (χ2n) is 8.86. The summed E-state index contributed by atoms with van der Waals surface area (Å²) in [6.45, 7) is 2.78. The van der Waals surface area contributed by atoms with E-state index in [2.05, 4.69) is 30.6 Å². The molecule has 39 heavy (non-hydrogen) atoms. The van der Waals surface area contributed by atoms with Crippen LogP contribution in [0.15, 0.2) is 42.7 Å². The van der Waals surface area contributed by atoms with Gasteiger partial charge in [-0.3, -0.25) is 4.57 Å². The molecule has 196 valence electrons. The van der Waals surface area contributed by atoms with Crippen LogP contribution in [0.4, 0.5) is 20.3 Å². The van der Waals surface area contributed by atoms with Gasteiger partial charge in [-0.25, -0.2) is 23.4 Å². The summed E-state index contributed by atoms with van der Waals surface area (Å²) in [6.07, 6.45) is -0.514. The minimum absolute atomic E-state index is 0.0661. The van der Waals surface area contributed by atoms with Crippen LogP contribution in [-0.2, 0) is 17.8 Å². The van der Waals surface area contributed by atoms with Crippen LogP contribution in [0.25, 0.3) is 22.7 Å². The minimum atomic E-state index is -2.79. The zero-order chi connectivity index (χ0) is 27.1. The van der Waals surface area contributed by atoms with E-state index in [0.29, 0.717) is 53.0 Å². The van der Waals surface area contributed by atoms with Gasteiger partial charge in [0.1, 0.15) is 24.0 Å². The fourth-order valence-electron chi connectivity index (χ4n) is 4.49. The summed E-state index contributed by atoms with van der Waals surface area (Å²) in [5, 5.41) is 25.1. The van der Waals surface area contributed by atoms with E-state index in [-0.39, 0.29) is 17.1 Å². The van der Waals surface area contributed by atoms with Gasteiger partial charge in [-0.15, -0.1) is 5.10 Å². The highest BCUT2D eigenvalue weighted by Gasteiger charge is 2.21. The van der Waals surface area contributed by atoms with Gasteiger partial charge in [0.25, 0.3) is 6.43 Å². The molecule has 1 aliphatic rings. The normalized spacial score (nSPS) is 12.9. The number of hydrogen-bond donors (Lipinski definition) is 1. The molecule has 6 rings (SSSR count). The predicted octanol–water partition coefficient (Wildman–Crippen LogP) is 4.34. The number of alkyl halides is 2. The average Bonchev–Trinajstić information content (AvgIpc) is 3.54. The Kier molecular flexibility index (Phi) is 6.08. The maximum atomic E-state index is 13.9. The Morgan fingerprint density at radius 3 is 2.82 bits per heavy atom. The van der Waals surface area contributed by atoms with Crippen LogP contribution in [0, 0.1) is 18.3 Å². The molecule has 5 aromatic rings. The standard InChI is InChI=1S/C26H21F2N9O2/c1-14-7-16(11-29)35-37(14)26-17(25(27)28)3-4-24(32-26)36-13-30-19-9-20(22(38-2)10-21(19)36)31-23-8-15-12-39-6-5-18(15)33-34-23/h3-4,7-10,13,25H,5-6,12H2,1-2H3,(H,31,34). The Balaban J connectivity index is 1.40. The van der Waals surface area contributed by atoms with E-state index >= 15 is 0 Å². The van der Waals surface area contributed by atoms with Crippen molar-refractivity contribution in [3.8, 4) is 23.5 Å². The summed E-state index contributed by atoms with van der Waals surface area (Å²) in [6, 6.07) is 11.7. The molecule has 13 heteroatoms. The second kappa shape index (κ2) is 9.73. The first-order valence-electron chi connectivity index (χ1n) is 12.0. The molecule has 0 fully saturated rings. The van der Waals surface area contributed by atoms with Crippen LogP contribution in [0.5, 0.6) is 5.75 Å². The summed E-state index contributed by atoms with van der Waals surface area (Å²) in [5.41, 5.74) is 4.07. The number of methoxy groups -OCH3 is 1. The van der Waals surface area contributed by atoms with Gasteiger partial charge in [-0.05, 0) is 37.3 Å². The summed E-state index contributed by atoms with van der Waals surface area (Å²) in [4.78, 5) is 8.99. The molecular weight excluding hydrogens is 508 g/mol. The Labute approximate surface area is 220 Å². The Morgan fingerprint density at radius 1 is 1.18 bits per heavy atom. The van der Waals surface area contributed by atoms with Crippen molar-refractivity contribution in [2.45, 2.75) is 26.4 Å². The number of fused-ring (bicyclic) bond motifs is 2. The highest BCUT2D eigenvalue weighted by atomic mass is 19.3. The van der Waals surface area contributed by atoms with E-state index in [1.165, 1.54) is 22.9 Å². The number of nitrogens with zero attached hydrogens (tertiary/aromatic N) is 8. The molecule has 1 aliphatic heterocycles. The molecule has 1 N–H and O–H groups in total. The first-order valence-corrected chi connectivity index (χ1v) is 12.0. The van der Waals surface area contributed by atoms with Gasteiger partial charge < -0.3 is 14.8 Å². The predicted molar refractivity (Wildman–Crippen MR) is 136 cm³/mol. The van der Waals surface area contributed by atoms with Gasteiger partial charge in [0, 0.05) is 23.7 Å². The van der Waals surface area contributed by atoms with Crippen molar-refractivity contribution in [3.63, 3.8) is 0 Å². The van der Waals surface area contributed by atoms with E-state index in [4.69, 9.17) is 9.47 Å². The molecule has 0 saturated heterocycles. The second-order valence-corrected chi connectivity index (χ2v) is 8.86. The highest BCUT2D eigenvalue weighted by molar-refractivity contribution is 5.86. The van der Waals surface area contributed by atoms with E-state index in [1.54, 1.807) is 37.1 Å². The van der Waals surface area contributed by atoms with Crippen LogP contribution in [0.2, 0.25) is 0 Å². The van der Waals surface area contributed by atoms with Crippen molar-refractivity contribution in [3.05, 3.63) is 70.9 Å². The molecule has 0 radical (unpaired) electrons. The van der Waals surface area contributed by atoms with Gasteiger partial charge in [0.05, 0.1) is 48.3 Å². The molecule has 0 atom stereocenters. The lowest BCUT2D eigenvalue weighted by Crippen LogP contribution is -2.13. The zero-order valence-corrected chi connectivity index (χ0v) is 20.9. The smallest absolute Gasteiger partial charge is 0.267 e. The van der Waals surface area contributed by atoms with Crippen molar-refractivity contribution >= 4 is 22.5 Å². The Morgan fingerprint density at radius 2 is 2.05 bits per heavy atom. The fraction of sp³-hybridized carbons (Fsp3) is 0.231. The number of hydrogen-bond acceptors (Lipinski definition) is 9. The molecule has 11 nitrogen and oxygen atoms in total. The summed E-state index contributed by atoms with van der Waals surface area (Å²) < 4.78 is 41.8. The van der Waals surface area contributed by atoms with Crippen molar-refractivity contribution in [2.75, 3.05) is 19.0 Å². The van der Waals surface area contributed by atoms with Gasteiger partial charge in [-0.2, -0.15) is 15.5 Å². The van der Waals surface area contributed by atoms with Crippen molar-refractivity contribution in [2.24, 2.45) is 0 Å². The van der Waals surface area contributed by atoms with Crippen LogP contribution in [0.3, 0.4) is 0 Å². The number of halogens is 2. The SMILES string of the molecule is COc1cc2c(cc1Nc1cc3c(nn1)CCOC3)ncn2-c1ccc(C(F)F)c(-n2nc(C#N)cc2C)n1. The molecule has 0 bridgehead atoms. The number of aryl methyl sites for hydroxylation is 1. The third-order valence-electron chi connectivity index (χ3n) is 6.41. The van der Waals surface area contributed by atoms with Crippen LogP contribution in [-0.4, -0.2) is 48.2 Å². The lowest BCUT2D eigenvalue weighted by molar-refractivity contribution is 0.109. The number of imidazole rings is 1. The molecule has 0 amide bonds. The van der Waals surface area contributed by atoms with Crippen molar-refractivity contribution in [1.29, 1.82) is 5.26 Å². The molecule has 0 unspecified atom stereocenters. The van der Waals surface area contributed by atoms with Gasteiger partial charge in [0.15, 0.2) is 17.3 Å². The number of aromatic nitrogens is 7. The highest BCUT2D eigenvalue weighted by Crippen LogP contribution is 2.34. The van der Waals surface area contributed by atoms with Crippen LogP contribution < -0.4 is 10.1 Å². The number of nitriles is 1. The molecule has 1 aromatic carbocycles. The molecule has 0 saturated carbocycles. The summed E-state index contributed by atoms with van der Waals surface area (Å²) in [5.74, 6) is 1.32. The maximum Gasteiger partial charge on any atom is 0.267 e. The molecule has 5 heterocycles. The zero-order valence-electron chi connectivity index (χ0n) is 20.9. The largest absolute Gasteiger partial charge is 0.494 e. The Bertz CT molecular complexity index is 1760. The fourth-order valence-corrected chi connectivity index (χ4v) is 4.49. The van der Waals surface area contributed by atoms with Gasteiger partial charge >= 0.3 is 0 Å². The van der Waals surface area contributed by atoms with E-state index in [1.807, 2.05) is 12.1 Å². The van der Waals surface area contributed by atoms with Crippen LogP contribution in [0.1, 0.15) is 34.6 Å².